The second-order valence-corrected chi connectivity index (χ2v) is 7.26. The Bertz CT molecular complexity index is 391. The molecule has 0 spiro atoms. The van der Waals surface area contributed by atoms with Crippen molar-refractivity contribution < 1.29 is 14.7 Å². The summed E-state index contributed by atoms with van der Waals surface area (Å²) in [5, 5.41) is 12.4. The smallest absolute Gasteiger partial charge is 0.327 e. The minimum atomic E-state index is -0.899. The molecule has 1 saturated carbocycles. The molecule has 1 aliphatic heterocycles. The number of carboxylic acid groups (broad SMARTS) is 1. The van der Waals surface area contributed by atoms with Gasteiger partial charge in [0.25, 0.3) is 0 Å². The Hall–Kier alpha value is -0.910. The first-order valence-corrected chi connectivity index (χ1v) is 9.04. The second-order valence-electron chi connectivity index (χ2n) is 6.04. The predicted molar refractivity (Wildman–Crippen MR) is 84.4 cm³/mol. The lowest BCUT2D eigenvalue weighted by Crippen LogP contribution is -2.53. The van der Waals surface area contributed by atoms with Crippen LogP contribution in [0.1, 0.15) is 52.4 Å². The summed E-state index contributed by atoms with van der Waals surface area (Å²) in [6.07, 6.45) is 6.37. The fourth-order valence-corrected chi connectivity index (χ4v) is 4.73. The van der Waals surface area contributed by atoms with Crippen LogP contribution in [0.5, 0.6) is 0 Å². The molecule has 0 aromatic carbocycles. The van der Waals surface area contributed by atoms with Gasteiger partial charge in [-0.05, 0) is 25.2 Å². The highest BCUT2D eigenvalue weighted by Gasteiger charge is 2.41. The molecule has 4 atom stereocenters. The van der Waals surface area contributed by atoms with Gasteiger partial charge >= 0.3 is 12.0 Å². The summed E-state index contributed by atoms with van der Waals surface area (Å²) in [6, 6.07) is -0.680. The highest BCUT2D eigenvalue weighted by atomic mass is 32.2. The van der Waals surface area contributed by atoms with E-state index in [-0.39, 0.29) is 17.4 Å². The number of nitrogens with zero attached hydrogens (tertiary/aromatic N) is 1. The summed E-state index contributed by atoms with van der Waals surface area (Å²) in [4.78, 5) is 25.4. The molecule has 6 heteroatoms. The van der Waals surface area contributed by atoms with E-state index in [1.165, 1.54) is 6.42 Å². The maximum Gasteiger partial charge on any atom is 0.327 e. The summed E-state index contributed by atoms with van der Waals surface area (Å²) in [5.74, 6) is 0.279. The quantitative estimate of drug-likeness (QED) is 0.837. The van der Waals surface area contributed by atoms with Crippen LogP contribution in [0.3, 0.4) is 0 Å². The average molecular weight is 314 g/mol. The molecule has 120 valence electrons. The largest absolute Gasteiger partial charge is 0.480 e. The molecule has 21 heavy (non-hydrogen) atoms. The van der Waals surface area contributed by atoms with Gasteiger partial charge in [0.2, 0.25) is 0 Å². The van der Waals surface area contributed by atoms with Crippen LogP contribution in [0, 0.1) is 5.92 Å². The molecule has 1 heterocycles. The normalized spacial score (nSPS) is 33.0. The number of aliphatic carboxylic acids is 1. The molecular formula is C15H26N2O3S. The minimum absolute atomic E-state index is 0.0170. The highest BCUT2D eigenvalue weighted by Crippen LogP contribution is 2.32. The van der Waals surface area contributed by atoms with E-state index < -0.39 is 12.0 Å². The number of hydrogen-bond donors (Lipinski definition) is 2. The summed E-state index contributed by atoms with van der Waals surface area (Å²) in [7, 11) is 0. The first-order valence-electron chi connectivity index (χ1n) is 8.00. The zero-order valence-corrected chi connectivity index (χ0v) is 13.7. The second kappa shape index (κ2) is 7.38. The molecule has 2 amide bonds. The minimum Gasteiger partial charge on any atom is -0.480 e. The number of carbonyl (C=O) groups excluding carboxylic acids is 1. The first-order chi connectivity index (χ1) is 10.1. The van der Waals surface area contributed by atoms with Crippen LogP contribution in [0.4, 0.5) is 4.79 Å². The van der Waals surface area contributed by atoms with E-state index in [9.17, 15) is 14.7 Å². The zero-order valence-electron chi connectivity index (χ0n) is 12.9. The van der Waals surface area contributed by atoms with Gasteiger partial charge in [-0.15, -0.1) is 11.8 Å². The summed E-state index contributed by atoms with van der Waals surface area (Å²) in [6.45, 7) is 4.19. The Morgan fingerprint density at radius 2 is 2.05 bits per heavy atom. The molecule has 2 N–H and O–H groups in total. The van der Waals surface area contributed by atoms with Crippen molar-refractivity contribution in [2.45, 2.75) is 69.8 Å². The fraction of sp³-hybridized carbons (Fsp3) is 0.867. The number of thioether (sulfide) groups is 1. The molecule has 1 aliphatic carbocycles. The van der Waals surface area contributed by atoms with E-state index in [0.29, 0.717) is 11.7 Å². The van der Waals surface area contributed by atoms with Crippen LogP contribution in [-0.4, -0.2) is 45.2 Å². The van der Waals surface area contributed by atoms with Crippen LogP contribution >= 0.6 is 11.8 Å². The number of amides is 2. The molecule has 0 radical (unpaired) electrons. The van der Waals surface area contributed by atoms with Crippen LogP contribution in [0.2, 0.25) is 0 Å². The van der Waals surface area contributed by atoms with Crippen molar-refractivity contribution in [2.24, 2.45) is 5.92 Å². The molecule has 1 saturated heterocycles. The van der Waals surface area contributed by atoms with Crippen molar-refractivity contribution in [3.8, 4) is 0 Å². The Labute approximate surface area is 130 Å². The molecule has 0 bridgehead atoms. The van der Waals surface area contributed by atoms with Gasteiger partial charge in [0.05, 0.1) is 5.37 Å². The van der Waals surface area contributed by atoms with E-state index in [2.05, 4.69) is 12.2 Å². The average Bonchev–Trinajstić information content (AvgIpc) is 2.91. The molecule has 0 aromatic heterocycles. The van der Waals surface area contributed by atoms with Crippen molar-refractivity contribution in [3.63, 3.8) is 0 Å². The van der Waals surface area contributed by atoms with Crippen molar-refractivity contribution in [3.05, 3.63) is 0 Å². The maximum absolute atomic E-state index is 12.5. The van der Waals surface area contributed by atoms with Crippen molar-refractivity contribution in [1.82, 2.24) is 10.2 Å². The Morgan fingerprint density at radius 3 is 2.67 bits per heavy atom. The van der Waals surface area contributed by atoms with Crippen LogP contribution in [0.15, 0.2) is 0 Å². The summed E-state index contributed by atoms with van der Waals surface area (Å²) in [5.41, 5.74) is 0. The molecular weight excluding hydrogens is 288 g/mol. The Balaban J connectivity index is 1.98. The van der Waals surface area contributed by atoms with E-state index in [1.807, 2.05) is 6.92 Å². The summed E-state index contributed by atoms with van der Waals surface area (Å²) >= 11 is 1.57. The van der Waals surface area contributed by atoms with Gasteiger partial charge in [0, 0.05) is 11.8 Å². The first kappa shape index (κ1) is 16.5. The lowest BCUT2D eigenvalue weighted by molar-refractivity contribution is -0.141. The van der Waals surface area contributed by atoms with Crippen molar-refractivity contribution >= 4 is 23.8 Å². The topological polar surface area (TPSA) is 69.6 Å². The Kier molecular flexibility index (Phi) is 5.79. The number of nitrogens with one attached hydrogen (secondary N) is 1. The van der Waals surface area contributed by atoms with Gasteiger partial charge in [-0.2, -0.15) is 0 Å². The van der Waals surface area contributed by atoms with Gasteiger partial charge in [0.15, 0.2) is 0 Å². The zero-order chi connectivity index (χ0) is 15.4. The van der Waals surface area contributed by atoms with E-state index >= 15 is 0 Å². The maximum atomic E-state index is 12.5. The fourth-order valence-electron chi connectivity index (χ4n) is 3.38. The molecule has 2 fully saturated rings. The Morgan fingerprint density at radius 1 is 1.29 bits per heavy atom. The van der Waals surface area contributed by atoms with Gasteiger partial charge in [-0.3, -0.25) is 4.90 Å². The van der Waals surface area contributed by atoms with E-state index in [1.54, 1.807) is 16.7 Å². The van der Waals surface area contributed by atoms with Crippen LogP contribution in [-0.2, 0) is 4.79 Å². The number of hydrogen-bond acceptors (Lipinski definition) is 3. The number of carbonyl (C=O) groups is 2. The molecule has 5 nitrogen and oxygen atoms in total. The summed E-state index contributed by atoms with van der Waals surface area (Å²) < 4.78 is 0. The van der Waals surface area contributed by atoms with Crippen molar-refractivity contribution in [1.29, 1.82) is 0 Å². The third-order valence-electron chi connectivity index (χ3n) is 4.65. The van der Waals surface area contributed by atoms with Gasteiger partial charge < -0.3 is 10.4 Å². The number of urea groups is 1. The number of carboxylic acids is 1. The predicted octanol–water partition coefficient (Wildman–Crippen LogP) is 2.90. The molecule has 2 rings (SSSR count). The van der Waals surface area contributed by atoms with Crippen molar-refractivity contribution in [2.75, 3.05) is 5.75 Å². The van der Waals surface area contributed by atoms with Gasteiger partial charge in [-0.1, -0.05) is 33.1 Å². The van der Waals surface area contributed by atoms with E-state index in [4.69, 9.17) is 0 Å². The lowest BCUT2D eigenvalue weighted by atomic mass is 9.84. The highest BCUT2D eigenvalue weighted by molar-refractivity contribution is 8.00. The third kappa shape index (κ3) is 3.84. The SMILES string of the molecule is CCC1CCCC(NC(=O)N2C(CC)SCC2C(=O)O)C1. The molecule has 0 aromatic rings. The van der Waals surface area contributed by atoms with E-state index in [0.717, 1.165) is 32.1 Å². The van der Waals surface area contributed by atoms with Crippen LogP contribution < -0.4 is 5.32 Å². The lowest BCUT2D eigenvalue weighted by Gasteiger charge is -2.33. The van der Waals surface area contributed by atoms with Gasteiger partial charge in [0.1, 0.15) is 6.04 Å². The standard InChI is InChI=1S/C15H26N2O3S/c1-3-10-6-5-7-11(8-10)16-15(20)17-12(14(18)19)9-21-13(17)4-2/h10-13H,3-9H2,1-2H3,(H,16,20)(H,18,19). The molecule has 2 aliphatic rings. The number of rotatable bonds is 4. The van der Waals surface area contributed by atoms with Gasteiger partial charge in [-0.25, -0.2) is 9.59 Å². The molecule has 4 unspecified atom stereocenters. The van der Waals surface area contributed by atoms with Crippen LogP contribution in [0.25, 0.3) is 0 Å². The third-order valence-corrected chi connectivity index (χ3v) is 6.10. The monoisotopic (exact) mass is 314 g/mol.